The number of aromatic nitrogens is 4. The Morgan fingerprint density at radius 2 is 2.15 bits per heavy atom. The molecule has 1 amide bonds. The number of nitrogens with one attached hydrogen (secondary N) is 1. The second-order valence-corrected chi connectivity index (χ2v) is 7.76. The Kier molecular flexibility index (Phi) is 6.02. The van der Waals surface area contributed by atoms with Gasteiger partial charge in [-0.25, -0.2) is 18.9 Å². The van der Waals surface area contributed by atoms with Crippen molar-refractivity contribution in [2.75, 3.05) is 0 Å². The molecule has 0 saturated carbocycles. The first-order valence-electron chi connectivity index (χ1n) is 7.74. The van der Waals surface area contributed by atoms with E-state index in [1.54, 1.807) is 34.7 Å². The van der Waals surface area contributed by atoms with Crippen molar-refractivity contribution in [3.05, 3.63) is 26.9 Å². The molecule has 26 heavy (non-hydrogen) atoms. The van der Waals surface area contributed by atoms with Crippen LogP contribution in [0.25, 0.3) is 0 Å². The van der Waals surface area contributed by atoms with Crippen LogP contribution in [0.15, 0.2) is 20.8 Å². The lowest BCUT2D eigenvalue weighted by molar-refractivity contribution is 0.211. The molecule has 0 radical (unpaired) electrons. The van der Waals surface area contributed by atoms with E-state index < -0.39 is 21.9 Å². The normalized spacial score (nSPS) is 12.6. The predicted octanol–water partition coefficient (Wildman–Crippen LogP) is 0.0454. The molecule has 0 atom stereocenters. The number of thiazole rings is 1. The summed E-state index contributed by atoms with van der Waals surface area (Å²) in [6, 6.07) is -1.35. The summed E-state index contributed by atoms with van der Waals surface area (Å²) in [5, 5.41) is 5.39. The van der Waals surface area contributed by atoms with Gasteiger partial charge >= 0.3 is 27.9 Å². The summed E-state index contributed by atoms with van der Waals surface area (Å²) in [7, 11) is -3.01. The molecule has 0 aliphatic heterocycles. The highest BCUT2D eigenvalue weighted by Gasteiger charge is 2.22. The van der Waals surface area contributed by atoms with Gasteiger partial charge in [0.15, 0.2) is 0 Å². The highest BCUT2D eigenvalue weighted by Crippen LogP contribution is 2.04. The summed E-state index contributed by atoms with van der Waals surface area (Å²) in [5.74, 6) is 0. The highest BCUT2D eigenvalue weighted by atomic mass is 32.2. The Hall–Kier alpha value is -2.41. The average molecular weight is 404 g/mol. The van der Waals surface area contributed by atoms with E-state index in [1.807, 2.05) is 6.92 Å². The van der Waals surface area contributed by atoms with Gasteiger partial charge in [0.1, 0.15) is 0 Å². The van der Waals surface area contributed by atoms with E-state index in [4.69, 9.17) is 4.74 Å². The zero-order chi connectivity index (χ0) is 19.5. The lowest BCUT2D eigenvalue weighted by Gasteiger charge is -2.06. The van der Waals surface area contributed by atoms with E-state index in [9.17, 15) is 18.0 Å². The Morgan fingerprint density at radius 1 is 1.46 bits per heavy atom. The quantitative estimate of drug-likeness (QED) is 0.724. The number of aryl methyl sites for hydroxylation is 1. The van der Waals surface area contributed by atoms with E-state index in [0.29, 0.717) is 11.2 Å². The van der Waals surface area contributed by atoms with Crippen LogP contribution in [0, 0.1) is 0 Å². The van der Waals surface area contributed by atoms with Crippen molar-refractivity contribution in [1.29, 1.82) is 0 Å². The zero-order valence-corrected chi connectivity index (χ0v) is 16.4. The van der Waals surface area contributed by atoms with E-state index >= 15 is 0 Å². The number of amides is 1. The molecule has 13 heteroatoms. The van der Waals surface area contributed by atoms with E-state index in [0.717, 1.165) is 22.3 Å². The van der Waals surface area contributed by atoms with E-state index in [1.165, 1.54) is 7.05 Å². The number of rotatable bonds is 6. The van der Waals surface area contributed by atoms with E-state index in [2.05, 4.69) is 9.50 Å². The predicted molar refractivity (Wildman–Crippen MR) is 94.2 cm³/mol. The first-order valence-corrected chi connectivity index (χ1v) is 10.1. The number of carbonyl (C=O) groups excluding carboxylic acids is 1. The molecular formula is C13H20N6O5S2. The molecular weight excluding hydrogens is 384 g/mol. The summed E-state index contributed by atoms with van der Waals surface area (Å²) >= 11 is 1.11. The molecule has 0 spiro atoms. The third-order valence-electron chi connectivity index (χ3n) is 3.01. The fraction of sp³-hybridized carbons (Fsp3) is 0.538. The zero-order valence-electron chi connectivity index (χ0n) is 14.7. The van der Waals surface area contributed by atoms with Gasteiger partial charge in [0.2, 0.25) is 4.80 Å². The maximum atomic E-state index is 12.1. The molecule has 2 heterocycles. The Labute approximate surface area is 153 Å². The lowest BCUT2D eigenvalue weighted by Crippen LogP contribution is -2.40. The second kappa shape index (κ2) is 7.86. The minimum Gasteiger partial charge on any atom is -0.461 e. The third kappa shape index (κ3) is 4.60. The maximum absolute atomic E-state index is 12.1. The van der Waals surface area contributed by atoms with Gasteiger partial charge in [-0.05, 0) is 20.3 Å². The number of ether oxygens (including phenoxy) is 1. The van der Waals surface area contributed by atoms with Gasteiger partial charge in [0.25, 0.3) is 0 Å². The van der Waals surface area contributed by atoms with Gasteiger partial charge < -0.3 is 9.30 Å². The van der Waals surface area contributed by atoms with E-state index in [-0.39, 0.29) is 16.9 Å². The van der Waals surface area contributed by atoms with Crippen LogP contribution >= 0.6 is 11.3 Å². The van der Waals surface area contributed by atoms with Crippen molar-refractivity contribution >= 4 is 27.6 Å². The minimum atomic E-state index is -4.37. The summed E-state index contributed by atoms with van der Waals surface area (Å²) in [5.41, 5.74) is -0.842. The van der Waals surface area contributed by atoms with Crippen LogP contribution in [0.3, 0.4) is 0 Å². The minimum absolute atomic E-state index is 0.103. The average Bonchev–Trinajstić information content (AvgIpc) is 3.06. The van der Waals surface area contributed by atoms with Crippen LogP contribution in [-0.4, -0.2) is 39.5 Å². The fourth-order valence-electron chi connectivity index (χ4n) is 1.93. The largest absolute Gasteiger partial charge is 0.461 e. The molecule has 144 valence electrons. The number of nitrogens with zero attached hydrogens (tertiary/aromatic N) is 5. The van der Waals surface area contributed by atoms with Gasteiger partial charge in [-0.15, -0.1) is 25.5 Å². The van der Waals surface area contributed by atoms with Crippen molar-refractivity contribution in [3.8, 4) is 6.01 Å². The molecule has 0 fully saturated rings. The van der Waals surface area contributed by atoms with Crippen LogP contribution in [-0.2, 0) is 23.8 Å². The van der Waals surface area contributed by atoms with Crippen molar-refractivity contribution in [1.82, 2.24) is 23.6 Å². The van der Waals surface area contributed by atoms with Gasteiger partial charge in [0, 0.05) is 25.2 Å². The van der Waals surface area contributed by atoms with Gasteiger partial charge in [-0.1, -0.05) is 6.92 Å². The molecule has 0 aromatic carbocycles. The first-order chi connectivity index (χ1) is 12.1. The molecule has 0 saturated heterocycles. The van der Waals surface area contributed by atoms with Gasteiger partial charge in [0.05, 0.1) is 6.10 Å². The van der Waals surface area contributed by atoms with Crippen LogP contribution in [0.4, 0.5) is 4.79 Å². The number of carbonyl (C=O) groups is 1. The number of hydrogen-bond donors (Lipinski definition) is 1. The Bertz CT molecular complexity index is 1010. The van der Waals surface area contributed by atoms with Gasteiger partial charge in [-0.3, -0.25) is 0 Å². The molecule has 11 nitrogen and oxygen atoms in total. The van der Waals surface area contributed by atoms with Crippen molar-refractivity contribution < 1.29 is 17.9 Å². The summed E-state index contributed by atoms with van der Waals surface area (Å²) in [6.45, 7) is 5.97. The highest BCUT2D eigenvalue weighted by molar-refractivity contribution is 7.88. The van der Waals surface area contributed by atoms with Crippen LogP contribution in [0.1, 0.15) is 27.2 Å². The monoisotopic (exact) mass is 404 g/mol. The molecule has 2 aromatic rings. The van der Waals surface area contributed by atoms with Crippen LogP contribution in [0.2, 0.25) is 0 Å². The topological polar surface area (TPSA) is 130 Å². The standard InChI is InChI=1S/C13H20N6O5S2/c1-5-6-18-7-8-25-12(18)16-26(22,23)15-10(20)19-13(21)17(4)11(14-19)24-9(2)3/h7-9H,5-6H2,1-4H3,(H,15,20)/b16-12-. The molecule has 2 rings (SSSR count). The summed E-state index contributed by atoms with van der Waals surface area (Å²) in [4.78, 5) is 24.4. The SMILES string of the molecule is CCCn1ccs/c1=N\S(=O)(=O)NC(=O)n1nc(OC(C)C)n(C)c1=O. The third-order valence-corrected chi connectivity index (χ3v) is 4.77. The smallest absolute Gasteiger partial charge is 0.361 e. The molecule has 0 aliphatic carbocycles. The second-order valence-electron chi connectivity index (χ2n) is 5.56. The maximum Gasteiger partial charge on any atom is 0.361 e. The molecule has 1 N–H and O–H groups in total. The van der Waals surface area contributed by atoms with Gasteiger partial charge in [-0.2, -0.15) is 8.42 Å². The van der Waals surface area contributed by atoms with Crippen LogP contribution in [0.5, 0.6) is 6.01 Å². The van der Waals surface area contributed by atoms with Crippen molar-refractivity contribution in [2.45, 2.75) is 39.8 Å². The Balaban J connectivity index is 2.29. The molecule has 0 bridgehead atoms. The van der Waals surface area contributed by atoms with Crippen molar-refractivity contribution in [2.24, 2.45) is 11.4 Å². The van der Waals surface area contributed by atoms with Crippen molar-refractivity contribution in [3.63, 3.8) is 0 Å². The molecule has 0 unspecified atom stereocenters. The van der Waals surface area contributed by atoms with Crippen LogP contribution < -0.4 is 20.0 Å². The molecule has 0 aliphatic rings. The molecule has 2 aromatic heterocycles. The fourth-order valence-corrected chi connectivity index (χ4v) is 3.67. The summed E-state index contributed by atoms with van der Waals surface area (Å²) < 4.78 is 37.9. The number of hydrogen-bond acceptors (Lipinski definition) is 7. The Morgan fingerprint density at radius 3 is 2.77 bits per heavy atom. The summed E-state index contributed by atoms with van der Waals surface area (Å²) in [6.07, 6.45) is 2.21. The first kappa shape index (κ1) is 19.9. The lowest BCUT2D eigenvalue weighted by atomic mass is 10.5.